The molecule has 0 amide bonds. The molecule has 0 fully saturated rings. The lowest BCUT2D eigenvalue weighted by molar-refractivity contribution is -0.0616. The Morgan fingerprint density at radius 1 is 0.667 bits per heavy atom. The van der Waals surface area contributed by atoms with Crippen LogP contribution < -0.4 is 0 Å². The Labute approximate surface area is 112 Å². The monoisotopic (exact) mass is 260 g/mol. The van der Waals surface area contributed by atoms with Crippen LogP contribution in [0.1, 0.15) is 77.6 Å². The van der Waals surface area contributed by atoms with Gasteiger partial charge in [0.25, 0.3) is 0 Å². The van der Waals surface area contributed by atoms with Gasteiger partial charge in [0, 0.05) is 0 Å². The van der Waals surface area contributed by atoms with Crippen molar-refractivity contribution in [3.63, 3.8) is 0 Å². The summed E-state index contributed by atoms with van der Waals surface area (Å²) in [6, 6.07) is 0. The maximum Gasteiger partial charge on any atom is 0.111 e. The first-order valence-corrected chi connectivity index (χ1v) is 7.62. The first kappa shape index (κ1) is 17.9. The van der Waals surface area contributed by atoms with Crippen LogP contribution in [-0.4, -0.2) is 34.1 Å². The van der Waals surface area contributed by atoms with E-state index in [0.717, 1.165) is 12.8 Å². The average molecular weight is 260 g/mol. The minimum absolute atomic E-state index is 0.346. The minimum atomic E-state index is -1.26. The molecule has 0 unspecified atom stereocenters. The molecule has 3 heteroatoms. The van der Waals surface area contributed by atoms with Gasteiger partial charge >= 0.3 is 0 Å². The zero-order valence-electron chi connectivity index (χ0n) is 12.0. The molecular formula is C15H32O3. The Kier molecular flexibility index (Phi) is 11.9. The van der Waals surface area contributed by atoms with E-state index in [1.807, 2.05) is 0 Å². The van der Waals surface area contributed by atoms with Gasteiger partial charge < -0.3 is 15.3 Å². The number of unbranched alkanes of at least 4 members (excludes halogenated alkanes) is 9. The third-order valence-electron chi connectivity index (χ3n) is 3.58. The molecular weight excluding hydrogens is 228 g/mol. The maximum absolute atomic E-state index is 9.65. The van der Waals surface area contributed by atoms with Crippen LogP contribution in [0.3, 0.4) is 0 Å². The summed E-state index contributed by atoms with van der Waals surface area (Å²) < 4.78 is 0. The summed E-state index contributed by atoms with van der Waals surface area (Å²) in [6.07, 6.45) is 13.0. The van der Waals surface area contributed by atoms with E-state index in [1.165, 1.54) is 51.4 Å². The number of aliphatic hydroxyl groups is 3. The topological polar surface area (TPSA) is 60.7 Å². The summed E-state index contributed by atoms with van der Waals surface area (Å²) in [4.78, 5) is 0. The molecule has 0 aliphatic heterocycles. The molecule has 0 heterocycles. The van der Waals surface area contributed by atoms with Gasteiger partial charge in [-0.1, -0.05) is 71.1 Å². The molecule has 0 aliphatic carbocycles. The standard InChI is InChI=1S/C15H32O3/c1-2-3-4-5-6-7-8-9-10-11-12-15(18,13-16)14-17/h16-18H,2-14H2,1H3. The Balaban J connectivity index is 3.21. The highest BCUT2D eigenvalue weighted by molar-refractivity contribution is 4.75. The first-order valence-electron chi connectivity index (χ1n) is 7.62. The quantitative estimate of drug-likeness (QED) is 0.446. The maximum atomic E-state index is 9.65. The second-order valence-electron chi connectivity index (χ2n) is 5.47. The molecule has 0 atom stereocenters. The van der Waals surface area contributed by atoms with Crippen LogP contribution >= 0.6 is 0 Å². The van der Waals surface area contributed by atoms with Crippen molar-refractivity contribution < 1.29 is 15.3 Å². The van der Waals surface area contributed by atoms with Crippen molar-refractivity contribution in [2.24, 2.45) is 0 Å². The van der Waals surface area contributed by atoms with Crippen LogP contribution in [0.5, 0.6) is 0 Å². The van der Waals surface area contributed by atoms with Gasteiger partial charge in [0.1, 0.15) is 5.60 Å². The predicted molar refractivity (Wildman–Crippen MR) is 75.6 cm³/mol. The number of rotatable bonds is 13. The van der Waals surface area contributed by atoms with E-state index in [2.05, 4.69) is 6.92 Å². The van der Waals surface area contributed by atoms with Crippen molar-refractivity contribution in [3.05, 3.63) is 0 Å². The lowest BCUT2D eigenvalue weighted by Gasteiger charge is -2.22. The Hall–Kier alpha value is -0.120. The van der Waals surface area contributed by atoms with Crippen LogP contribution in [-0.2, 0) is 0 Å². The number of hydrogen-bond donors (Lipinski definition) is 3. The summed E-state index contributed by atoms with van der Waals surface area (Å²) in [5, 5.41) is 27.5. The molecule has 0 spiro atoms. The molecule has 18 heavy (non-hydrogen) atoms. The second kappa shape index (κ2) is 11.9. The average Bonchev–Trinajstić information content (AvgIpc) is 2.40. The van der Waals surface area contributed by atoms with E-state index >= 15 is 0 Å². The lowest BCUT2D eigenvalue weighted by atomic mass is 9.97. The summed E-state index contributed by atoms with van der Waals surface area (Å²) in [6.45, 7) is 1.54. The fourth-order valence-corrected chi connectivity index (χ4v) is 2.15. The van der Waals surface area contributed by atoms with Gasteiger partial charge in [-0.25, -0.2) is 0 Å². The van der Waals surface area contributed by atoms with E-state index in [1.54, 1.807) is 0 Å². The van der Waals surface area contributed by atoms with Gasteiger partial charge in [-0.3, -0.25) is 0 Å². The normalized spacial score (nSPS) is 12.0. The summed E-state index contributed by atoms with van der Waals surface area (Å²) >= 11 is 0. The number of aliphatic hydroxyl groups excluding tert-OH is 2. The van der Waals surface area contributed by atoms with Crippen LogP contribution in [0.2, 0.25) is 0 Å². The van der Waals surface area contributed by atoms with Crippen LogP contribution in [0.4, 0.5) is 0 Å². The molecule has 0 rings (SSSR count). The van der Waals surface area contributed by atoms with Crippen LogP contribution in [0.25, 0.3) is 0 Å². The fraction of sp³-hybridized carbons (Fsp3) is 1.00. The molecule has 0 aromatic rings. The molecule has 0 aliphatic rings. The molecule has 3 nitrogen and oxygen atoms in total. The van der Waals surface area contributed by atoms with Crippen LogP contribution in [0.15, 0.2) is 0 Å². The molecule has 0 radical (unpaired) electrons. The van der Waals surface area contributed by atoms with Crippen LogP contribution in [0, 0.1) is 0 Å². The zero-order valence-corrected chi connectivity index (χ0v) is 12.0. The largest absolute Gasteiger partial charge is 0.393 e. The Bertz CT molecular complexity index is 167. The fourth-order valence-electron chi connectivity index (χ4n) is 2.15. The number of hydrogen-bond acceptors (Lipinski definition) is 3. The minimum Gasteiger partial charge on any atom is -0.393 e. The van der Waals surface area contributed by atoms with E-state index in [-0.39, 0.29) is 13.2 Å². The summed E-state index contributed by atoms with van der Waals surface area (Å²) in [7, 11) is 0. The lowest BCUT2D eigenvalue weighted by Crippen LogP contribution is -2.37. The first-order chi connectivity index (χ1) is 8.68. The molecule has 110 valence electrons. The van der Waals surface area contributed by atoms with E-state index in [4.69, 9.17) is 10.2 Å². The molecule has 0 aromatic carbocycles. The van der Waals surface area contributed by atoms with Gasteiger partial charge in [-0.05, 0) is 6.42 Å². The van der Waals surface area contributed by atoms with Crippen molar-refractivity contribution in [3.8, 4) is 0 Å². The highest BCUT2D eigenvalue weighted by atomic mass is 16.4. The second-order valence-corrected chi connectivity index (χ2v) is 5.47. The third-order valence-corrected chi connectivity index (χ3v) is 3.58. The Morgan fingerprint density at radius 2 is 1.06 bits per heavy atom. The predicted octanol–water partition coefficient (Wildman–Crippen LogP) is 3.01. The van der Waals surface area contributed by atoms with Crippen molar-refractivity contribution in [2.45, 2.75) is 83.2 Å². The molecule has 3 N–H and O–H groups in total. The highest BCUT2D eigenvalue weighted by Crippen LogP contribution is 2.16. The molecule has 0 saturated heterocycles. The molecule has 0 bridgehead atoms. The van der Waals surface area contributed by atoms with Gasteiger partial charge in [-0.2, -0.15) is 0 Å². The zero-order chi connectivity index (χ0) is 13.7. The van der Waals surface area contributed by atoms with Gasteiger partial charge in [0.15, 0.2) is 0 Å². The van der Waals surface area contributed by atoms with Crippen molar-refractivity contribution in [2.75, 3.05) is 13.2 Å². The van der Waals surface area contributed by atoms with E-state index < -0.39 is 5.60 Å². The highest BCUT2D eigenvalue weighted by Gasteiger charge is 2.23. The Morgan fingerprint density at radius 3 is 1.44 bits per heavy atom. The smallest absolute Gasteiger partial charge is 0.111 e. The van der Waals surface area contributed by atoms with Crippen molar-refractivity contribution in [1.82, 2.24) is 0 Å². The van der Waals surface area contributed by atoms with Gasteiger partial charge in [0.05, 0.1) is 13.2 Å². The SMILES string of the molecule is CCCCCCCCCCCCC(O)(CO)CO. The van der Waals surface area contributed by atoms with Crippen molar-refractivity contribution in [1.29, 1.82) is 0 Å². The van der Waals surface area contributed by atoms with Gasteiger partial charge in [-0.15, -0.1) is 0 Å². The summed E-state index contributed by atoms with van der Waals surface area (Å²) in [5.74, 6) is 0. The van der Waals surface area contributed by atoms with E-state index in [9.17, 15) is 5.11 Å². The van der Waals surface area contributed by atoms with Crippen molar-refractivity contribution >= 4 is 0 Å². The van der Waals surface area contributed by atoms with E-state index in [0.29, 0.717) is 6.42 Å². The molecule has 0 saturated carbocycles. The summed E-state index contributed by atoms with van der Waals surface area (Å²) in [5.41, 5.74) is -1.26. The molecule has 0 aromatic heterocycles. The van der Waals surface area contributed by atoms with Gasteiger partial charge in [0.2, 0.25) is 0 Å². The third kappa shape index (κ3) is 9.86.